The topological polar surface area (TPSA) is 55.2 Å². The second-order valence-electron chi connectivity index (χ2n) is 4.76. The first-order valence-electron chi connectivity index (χ1n) is 6.37. The molecule has 0 aliphatic heterocycles. The Balaban J connectivity index is 2.08. The zero-order valence-corrected chi connectivity index (χ0v) is 11.8. The maximum absolute atomic E-state index is 10.9. The summed E-state index contributed by atoms with van der Waals surface area (Å²) in [6.45, 7) is 0. The fraction of sp³-hybridized carbons (Fsp3) is 0.538. The van der Waals surface area contributed by atoms with Gasteiger partial charge < -0.3 is 5.32 Å². The minimum Gasteiger partial charge on any atom is -0.382 e. The molecule has 0 unspecified atom stereocenters. The van der Waals surface area contributed by atoms with Crippen LogP contribution in [0.1, 0.15) is 38.5 Å². The van der Waals surface area contributed by atoms with E-state index in [1.54, 1.807) is 12.1 Å². The van der Waals surface area contributed by atoms with Gasteiger partial charge in [-0.25, -0.2) is 0 Å². The Bertz CT molecular complexity index is 429. The molecule has 0 bridgehead atoms. The van der Waals surface area contributed by atoms with Crippen molar-refractivity contribution in [3.63, 3.8) is 0 Å². The summed E-state index contributed by atoms with van der Waals surface area (Å²) in [7, 11) is 0. The van der Waals surface area contributed by atoms with E-state index in [4.69, 9.17) is 0 Å². The zero-order valence-electron chi connectivity index (χ0n) is 10.2. The minimum atomic E-state index is -0.359. The van der Waals surface area contributed by atoms with Gasteiger partial charge in [0.15, 0.2) is 0 Å². The van der Waals surface area contributed by atoms with E-state index in [9.17, 15) is 10.1 Å². The molecule has 5 heteroatoms. The third-order valence-electron chi connectivity index (χ3n) is 3.37. The van der Waals surface area contributed by atoms with Gasteiger partial charge in [0, 0.05) is 17.8 Å². The molecule has 1 aliphatic rings. The highest BCUT2D eigenvalue weighted by Gasteiger charge is 2.15. The molecule has 1 aromatic carbocycles. The predicted molar refractivity (Wildman–Crippen MR) is 75.9 cm³/mol. The Morgan fingerprint density at radius 1 is 1.22 bits per heavy atom. The van der Waals surface area contributed by atoms with E-state index in [0.717, 1.165) is 18.5 Å². The number of nitrogens with one attached hydrogen (secondary N) is 1. The zero-order chi connectivity index (χ0) is 13.0. The van der Waals surface area contributed by atoms with E-state index >= 15 is 0 Å². The molecule has 0 radical (unpaired) electrons. The first-order valence-corrected chi connectivity index (χ1v) is 7.16. The third kappa shape index (κ3) is 3.45. The van der Waals surface area contributed by atoms with Crippen molar-refractivity contribution in [3.05, 3.63) is 32.8 Å². The molecule has 1 N–H and O–H groups in total. The number of rotatable bonds is 3. The van der Waals surface area contributed by atoms with Gasteiger partial charge in [-0.15, -0.1) is 0 Å². The van der Waals surface area contributed by atoms with Gasteiger partial charge in [0.2, 0.25) is 0 Å². The van der Waals surface area contributed by atoms with Gasteiger partial charge in [-0.05, 0) is 40.9 Å². The Morgan fingerprint density at radius 2 is 1.89 bits per heavy atom. The second-order valence-corrected chi connectivity index (χ2v) is 5.61. The lowest BCUT2D eigenvalue weighted by atomic mass is 10.1. The summed E-state index contributed by atoms with van der Waals surface area (Å²) in [5.74, 6) is 0. The highest BCUT2D eigenvalue weighted by Crippen LogP contribution is 2.29. The van der Waals surface area contributed by atoms with Crippen molar-refractivity contribution >= 4 is 27.3 Å². The van der Waals surface area contributed by atoms with Crippen LogP contribution in [0.2, 0.25) is 0 Å². The van der Waals surface area contributed by atoms with E-state index in [1.165, 1.54) is 25.7 Å². The fourth-order valence-electron chi connectivity index (χ4n) is 2.40. The van der Waals surface area contributed by atoms with Gasteiger partial charge >= 0.3 is 0 Å². The van der Waals surface area contributed by atoms with Gasteiger partial charge in [-0.3, -0.25) is 10.1 Å². The lowest BCUT2D eigenvalue weighted by molar-refractivity contribution is -0.385. The van der Waals surface area contributed by atoms with Crippen molar-refractivity contribution in [2.45, 2.75) is 44.6 Å². The summed E-state index contributed by atoms with van der Waals surface area (Å²) in [5, 5.41) is 14.3. The number of benzene rings is 1. The maximum Gasteiger partial charge on any atom is 0.285 e. The molecule has 1 aliphatic carbocycles. The molecule has 0 atom stereocenters. The van der Waals surface area contributed by atoms with Crippen LogP contribution in [0, 0.1) is 10.1 Å². The van der Waals surface area contributed by atoms with Crippen molar-refractivity contribution < 1.29 is 4.92 Å². The lowest BCUT2D eigenvalue weighted by Crippen LogP contribution is -2.18. The summed E-state index contributed by atoms with van der Waals surface area (Å²) < 4.78 is 0.527. The third-order valence-corrected chi connectivity index (χ3v) is 4.04. The van der Waals surface area contributed by atoms with E-state index < -0.39 is 0 Å². The normalized spacial score (nSPS) is 17.2. The molecule has 2 rings (SSSR count). The van der Waals surface area contributed by atoms with Crippen LogP contribution in [0.3, 0.4) is 0 Å². The molecule has 0 saturated heterocycles. The number of hydrogen-bond donors (Lipinski definition) is 1. The number of nitro groups is 1. The minimum absolute atomic E-state index is 0.119. The first-order chi connectivity index (χ1) is 8.66. The summed E-state index contributed by atoms with van der Waals surface area (Å²) >= 11 is 3.20. The molecule has 18 heavy (non-hydrogen) atoms. The van der Waals surface area contributed by atoms with Crippen LogP contribution in [0.4, 0.5) is 11.4 Å². The number of anilines is 1. The lowest BCUT2D eigenvalue weighted by Gasteiger charge is -2.17. The Morgan fingerprint density at radius 3 is 2.50 bits per heavy atom. The monoisotopic (exact) mass is 312 g/mol. The van der Waals surface area contributed by atoms with Crippen LogP contribution in [-0.2, 0) is 0 Å². The Kier molecular flexibility index (Phi) is 4.58. The van der Waals surface area contributed by atoms with Gasteiger partial charge in [0.05, 0.1) is 9.40 Å². The summed E-state index contributed by atoms with van der Waals surface area (Å²) in [5.41, 5.74) is 0.963. The highest BCUT2D eigenvalue weighted by atomic mass is 79.9. The summed E-state index contributed by atoms with van der Waals surface area (Å²) in [6, 6.07) is 5.68. The SMILES string of the molecule is O=[N+]([O-])c1cc(NC2CCCCCC2)ccc1Br. The number of halogens is 1. The van der Waals surface area contributed by atoms with Crippen LogP contribution in [0.25, 0.3) is 0 Å². The quantitative estimate of drug-likeness (QED) is 0.508. The van der Waals surface area contributed by atoms with Crippen LogP contribution in [0.5, 0.6) is 0 Å². The van der Waals surface area contributed by atoms with E-state index in [1.807, 2.05) is 6.07 Å². The van der Waals surface area contributed by atoms with Crippen molar-refractivity contribution in [2.75, 3.05) is 5.32 Å². The first kappa shape index (κ1) is 13.3. The molecule has 1 saturated carbocycles. The predicted octanol–water partition coefficient (Wildman–Crippen LogP) is 4.49. The van der Waals surface area contributed by atoms with Crippen molar-refractivity contribution in [3.8, 4) is 0 Å². The average Bonchev–Trinajstić information content (AvgIpc) is 2.60. The van der Waals surface area contributed by atoms with Gasteiger partial charge in [-0.1, -0.05) is 25.7 Å². The fourth-order valence-corrected chi connectivity index (χ4v) is 2.79. The van der Waals surface area contributed by atoms with E-state index in [2.05, 4.69) is 21.2 Å². The highest BCUT2D eigenvalue weighted by molar-refractivity contribution is 9.10. The summed E-state index contributed by atoms with van der Waals surface area (Å²) in [6.07, 6.45) is 7.41. The number of nitro benzene ring substituents is 1. The maximum atomic E-state index is 10.9. The number of hydrogen-bond acceptors (Lipinski definition) is 3. The van der Waals surface area contributed by atoms with Crippen LogP contribution in [0.15, 0.2) is 22.7 Å². The molecule has 0 heterocycles. The van der Waals surface area contributed by atoms with E-state index in [-0.39, 0.29) is 10.6 Å². The Hall–Kier alpha value is -1.10. The molecule has 4 nitrogen and oxygen atoms in total. The van der Waals surface area contributed by atoms with E-state index in [0.29, 0.717) is 10.5 Å². The molecular formula is C13H17BrN2O2. The van der Waals surface area contributed by atoms with Crippen molar-refractivity contribution in [2.24, 2.45) is 0 Å². The van der Waals surface area contributed by atoms with Crippen molar-refractivity contribution in [1.82, 2.24) is 0 Å². The molecule has 0 amide bonds. The molecular weight excluding hydrogens is 296 g/mol. The Labute approximate surface area is 115 Å². The van der Waals surface area contributed by atoms with Gasteiger partial charge in [-0.2, -0.15) is 0 Å². The standard InChI is InChI=1S/C13H17BrN2O2/c14-12-8-7-11(9-13(12)16(17)18)15-10-5-3-1-2-4-6-10/h7-10,15H,1-6H2. The molecule has 0 spiro atoms. The molecule has 98 valence electrons. The molecule has 1 fully saturated rings. The summed E-state index contributed by atoms with van der Waals surface area (Å²) in [4.78, 5) is 10.5. The molecule has 1 aromatic rings. The van der Waals surface area contributed by atoms with Crippen LogP contribution >= 0.6 is 15.9 Å². The van der Waals surface area contributed by atoms with Crippen LogP contribution < -0.4 is 5.32 Å². The number of nitrogens with zero attached hydrogens (tertiary/aromatic N) is 1. The largest absolute Gasteiger partial charge is 0.382 e. The van der Waals surface area contributed by atoms with Crippen molar-refractivity contribution in [1.29, 1.82) is 0 Å². The van der Waals surface area contributed by atoms with Gasteiger partial charge in [0.1, 0.15) is 0 Å². The van der Waals surface area contributed by atoms with Crippen LogP contribution in [-0.4, -0.2) is 11.0 Å². The smallest absolute Gasteiger partial charge is 0.285 e. The molecule has 0 aromatic heterocycles. The average molecular weight is 313 g/mol. The second kappa shape index (κ2) is 6.18. The van der Waals surface area contributed by atoms with Gasteiger partial charge in [0.25, 0.3) is 5.69 Å².